The number of amides is 1. The molecule has 1 heterocycles. The molecule has 4 nitrogen and oxygen atoms in total. The minimum absolute atomic E-state index is 0.163. The molecule has 4 heteroatoms. The SMILES string of the molecule is N#Cc1ccccc1N(Cc1ccccc1)C(=O)c1ccncc1. The molecule has 0 radical (unpaired) electrons. The Morgan fingerprint density at radius 2 is 1.62 bits per heavy atom. The third-order valence-corrected chi connectivity index (χ3v) is 3.67. The second-order valence-corrected chi connectivity index (χ2v) is 5.24. The van der Waals surface area contributed by atoms with Gasteiger partial charge >= 0.3 is 0 Å². The van der Waals surface area contributed by atoms with Crippen molar-refractivity contribution in [2.24, 2.45) is 0 Å². The first-order chi connectivity index (χ1) is 11.8. The van der Waals surface area contributed by atoms with Crippen molar-refractivity contribution < 1.29 is 4.79 Å². The Morgan fingerprint density at radius 3 is 2.33 bits per heavy atom. The molecule has 0 saturated carbocycles. The van der Waals surface area contributed by atoms with Crippen LogP contribution in [0.5, 0.6) is 0 Å². The van der Waals surface area contributed by atoms with Crippen molar-refractivity contribution in [3.8, 4) is 6.07 Å². The Kier molecular flexibility index (Phi) is 4.64. The molecule has 2 aromatic carbocycles. The minimum atomic E-state index is -0.163. The molecule has 0 aliphatic carbocycles. The van der Waals surface area contributed by atoms with Gasteiger partial charge in [-0.2, -0.15) is 5.26 Å². The zero-order valence-corrected chi connectivity index (χ0v) is 13.0. The first kappa shape index (κ1) is 15.4. The van der Waals surface area contributed by atoms with E-state index in [0.717, 1.165) is 5.56 Å². The molecule has 24 heavy (non-hydrogen) atoms. The normalized spacial score (nSPS) is 9.96. The molecule has 1 amide bonds. The Bertz CT molecular complexity index is 870. The molecule has 1 aromatic heterocycles. The zero-order valence-electron chi connectivity index (χ0n) is 13.0. The summed E-state index contributed by atoms with van der Waals surface area (Å²) in [6.45, 7) is 0.390. The summed E-state index contributed by atoms with van der Waals surface area (Å²) in [5.74, 6) is -0.163. The number of nitrogens with zero attached hydrogens (tertiary/aromatic N) is 3. The van der Waals surface area contributed by atoms with Crippen LogP contribution in [0.15, 0.2) is 79.1 Å². The van der Waals surface area contributed by atoms with Crippen molar-refractivity contribution in [3.63, 3.8) is 0 Å². The summed E-state index contributed by atoms with van der Waals surface area (Å²) in [7, 11) is 0. The van der Waals surface area contributed by atoms with Crippen LogP contribution in [0.2, 0.25) is 0 Å². The maximum absolute atomic E-state index is 13.0. The first-order valence-corrected chi connectivity index (χ1v) is 7.54. The van der Waals surface area contributed by atoms with Gasteiger partial charge < -0.3 is 4.90 Å². The number of nitriles is 1. The predicted molar refractivity (Wildman–Crippen MR) is 92.3 cm³/mol. The van der Waals surface area contributed by atoms with E-state index >= 15 is 0 Å². The molecule has 0 saturated heterocycles. The number of aromatic nitrogens is 1. The van der Waals surface area contributed by atoms with Gasteiger partial charge in [0, 0.05) is 18.0 Å². The lowest BCUT2D eigenvalue weighted by molar-refractivity contribution is 0.0985. The van der Waals surface area contributed by atoms with E-state index in [1.54, 1.807) is 47.6 Å². The van der Waals surface area contributed by atoms with Crippen molar-refractivity contribution in [2.45, 2.75) is 6.54 Å². The molecule has 116 valence electrons. The molecule has 0 unspecified atom stereocenters. The van der Waals surface area contributed by atoms with Crippen LogP contribution < -0.4 is 4.90 Å². The van der Waals surface area contributed by atoms with Gasteiger partial charge in [-0.25, -0.2) is 0 Å². The van der Waals surface area contributed by atoms with Gasteiger partial charge in [0.25, 0.3) is 5.91 Å². The summed E-state index contributed by atoms with van der Waals surface area (Å²) in [5, 5.41) is 9.39. The number of anilines is 1. The summed E-state index contributed by atoms with van der Waals surface area (Å²) in [5.41, 5.74) is 2.60. The smallest absolute Gasteiger partial charge is 0.258 e. The summed E-state index contributed by atoms with van der Waals surface area (Å²) < 4.78 is 0. The van der Waals surface area contributed by atoms with Crippen molar-refractivity contribution in [3.05, 3.63) is 95.8 Å². The minimum Gasteiger partial charge on any atom is -0.303 e. The van der Waals surface area contributed by atoms with Crippen LogP contribution in [-0.2, 0) is 6.54 Å². The van der Waals surface area contributed by atoms with E-state index in [4.69, 9.17) is 0 Å². The average Bonchev–Trinajstić information content (AvgIpc) is 2.67. The maximum Gasteiger partial charge on any atom is 0.258 e. The number of para-hydroxylation sites is 1. The van der Waals surface area contributed by atoms with Crippen molar-refractivity contribution >= 4 is 11.6 Å². The molecule has 0 aliphatic rings. The van der Waals surface area contributed by atoms with Gasteiger partial charge in [-0.15, -0.1) is 0 Å². The molecular weight excluding hydrogens is 298 g/mol. The van der Waals surface area contributed by atoms with E-state index in [0.29, 0.717) is 23.4 Å². The van der Waals surface area contributed by atoms with Crippen LogP contribution in [0.4, 0.5) is 5.69 Å². The number of carbonyl (C=O) groups is 1. The lowest BCUT2D eigenvalue weighted by Crippen LogP contribution is -2.31. The summed E-state index contributed by atoms with van der Waals surface area (Å²) in [6.07, 6.45) is 3.17. The fraction of sp³-hybridized carbons (Fsp3) is 0.0500. The molecule has 0 N–H and O–H groups in total. The summed E-state index contributed by atoms with van der Waals surface area (Å²) in [6, 6.07) is 22.4. The second kappa shape index (κ2) is 7.21. The molecule has 3 rings (SSSR count). The van der Waals surface area contributed by atoms with Gasteiger partial charge in [-0.05, 0) is 29.8 Å². The topological polar surface area (TPSA) is 57.0 Å². The van der Waals surface area contributed by atoms with E-state index in [1.165, 1.54) is 0 Å². The molecule has 3 aromatic rings. The number of benzene rings is 2. The third kappa shape index (κ3) is 3.31. The van der Waals surface area contributed by atoms with E-state index in [9.17, 15) is 10.1 Å². The molecule has 0 aliphatic heterocycles. The molecule has 0 spiro atoms. The van der Waals surface area contributed by atoms with Crippen LogP contribution >= 0.6 is 0 Å². The van der Waals surface area contributed by atoms with E-state index in [-0.39, 0.29) is 5.91 Å². The fourth-order valence-corrected chi connectivity index (χ4v) is 2.49. The summed E-state index contributed by atoms with van der Waals surface area (Å²) >= 11 is 0. The lowest BCUT2D eigenvalue weighted by atomic mass is 10.1. The highest BCUT2D eigenvalue weighted by Crippen LogP contribution is 2.24. The van der Waals surface area contributed by atoms with Gasteiger partial charge in [-0.3, -0.25) is 9.78 Å². The number of hydrogen-bond acceptors (Lipinski definition) is 3. The molecule has 0 bridgehead atoms. The van der Waals surface area contributed by atoms with Crippen LogP contribution in [-0.4, -0.2) is 10.9 Å². The third-order valence-electron chi connectivity index (χ3n) is 3.67. The second-order valence-electron chi connectivity index (χ2n) is 5.24. The number of hydrogen-bond donors (Lipinski definition) is 0. The standard InChI is InChI=1S/C20H15N3O/c21-14-18-8-4-5-9-19(18)23(15-16-6-2-1-3-7-16)20(24)17-10-12-22-13-11-17/h1-13H,15H2. The molecule has 0 atom stereocenters. The van der Waals surface area contributed by atoms with Crippen LogP contribution in [0.25, 0.3) is 0 Å². The first-order valence-electron chi connectivity index (χ1n) is 7.54. The molecular formula is C20H15N3O. The van der Waals surface area contributed by atoms with Gasteiger partial charge in [0.1, 0.15) is 6.07 Å². The van der Waals surface area contributed by atoms with Gasteiger partial charge in [0.2, 0.25) is 0 Å². The van der Waals surface area contributed by atoms with Crippen LogP contribution in [0.3, 0.4) is 0 Å². The van der Waals surface area contributed by atoms with Crippen molar-refractivity contribution in [2.75, 3.05) is 4.90 Å². The highest BCUT2D eigenvalue weighted by molar-refractivity contribution is 6.06. The monoisotopic (exact) mass is 313 g/mol. The Balaban J connectivity index is 2.04. The zero-order chi connectivity index (χ0) is 16.8. The lowest BCUT2D eigenvalue weighted by Gasteiger charge is -2.24. The quantitative estimate of drug-likeness (QED) is 0.736. The Morgan fingerprint density at radius 1 is 0.958 bits per heavy atom. The van der Waals surface area contributed by atoms with E-state index < -0.39 is 0 Å². The van der Waals surface area contributed by atoms with Crippen molar-refractivity contribution in [1.82, 2.24) is 4.98 Å². The average molecular weight is 313 g/mol. The number of rotatable bonds is 4. The van der Waals surface area contributed by atoms with Gasteiger partial charge in [0.15, 0.2) is 0 Å². The van der Waals surface area contributed by atoms with E-state index in [1.807, 2.05) is 36.4 Å². The van der Waals surface area contributed by atoms with Gasteiger partial charge in [0.05, 0.1) is 17.8 Å². The fourth-order valence-electron chi connectivity index (χ4n) is 2.49. The Labute approximate surface area is 140 Å². The van der Waals surface area contributed by atoms with Crippen LogP contribution in [0.1, 0.15) is 21.5 Å². The number of pyridine rings is 1. The van der Waals surface area contributed by atoms with Gasteiger partial charge in [-0.1, -0.05) is 42.5 Å². The predicted octanol–water partition coefficient (Wildman–Crippen LogP) is 3.80. The maximum atomic E-state index is 13.0. The van der Waals surface area contributed by atoms with Crippen molar-refractivity contribution in [1.29, 1.82) is 5.26 Å². The summed E-state index contributed by atoms with van der Waals surface area (Å²) in [4.78, 5) is 18.6. The van der Waals surface area contributed by atoms with E-state index in [2.05, 4.69) is 11.1 Å². The largest absolute Gasteiger partial charge is 0.303 e. The number of carbonyl (C=O) groups excluding carboxylic acids is 1. The molecule has 0 fully saturated rings. The highest BCUT2D eigenvalue weighted by Gasteiger charge is 2.20. The van der Waals surface area contributed by atoms with Crippen LogP contribution in [0, 0.1) is 11.3 Å². The Hall–Kier alpha value is -3.45. The highest BCUT2D eigenvalue weighted by atomic mass is 16.2.